The fraction of sp³-hybridized carbons (Fsp3) is 0.871. The van der Waals surface area contributed by atoms with E-state index in [1.54, 1.807) is 6.20 Å². The summed E-state index contributed by atoms with van der Waals surface area (Å²) in [5.74, 6) is 4.65. The molecule has 3 saturated carbocycles. The lowest BCUT2D eigenvalue weighted by Gasteiger charge is -2.59. The molecule has 3 aliphatic rings. The smallest absolute Gasteiger partial charge is 0.102 e. The molecule has 7 atom stereocenters. The van der Waals surface area contributed by atoms with Crippen LogP contribution in [0.25, 0.3) is 0 Å². The van der Waals surface area contributed by atoms with Crippen LogP contribution in [0.15, 0.2) is 12.4 Å². The van der Waals surface area contributed by atoms with Gasteiger partial charge in [-0.05, 0) is 98.2 Å². The lowest BCUT2D eigenvalue weighted by molar-refractivity contribution is -0.102. The molecule has 0 aromatic carbocycles. The summed E-state index contributed by atoms with van der Waals surface area (Å²) in [6.45, 7) is 15.1. The van der Waals surface area contributed by atoms with Crippen molar-refractivity contribution in [3.8, 4) is 6.07 Å². The third-order valence-electron chi connectivity index (χ3n) is 10.4. The number of unbranched alkanes of at least 4 members (excludes halogenated alkanes) is 1. The molecule has 0 spiro atoms. The number of rotatable bonds is 8. The second-order valence-corrected chi connectivity index (χ2v) is 11.8. The van der Waals surface area contributed by atoms with Crippen molar-refractivity contribution < 1.29 is 0 Å². The van der Waals surface area contributed by atoms with Gasteiger partial charge in [-0.3, -0.25) is 4.68 Å². The highest BCUT2D eigenvalue weighted by molar-refractivity contribution is 5.21. The molecule has 0 bridgehead atoms. The van der Waals surface area contributed by atoms with Gasteiger partial charge in [0.2, 0.25) is 0 Å². The standard InChI is InChI=1S/C28H45N3.C2H6.CH4/c1-5-7-8-22-9-11-24-25-12-10-23(14-17-31-20-21(18-29)19-30-31)28(25,4)16-13-26(24)27(22,3)15-6-2;1-2;/h19-20,22-26H,5-17H2,1-4H3;1-2H3;1H4. The molecular formula is C31H55N3. The van der Waals surface area contributed by atoms with E-state index in [2.05, 4.69) is 38.9 Å². The zero-order valence-corrected chi connectivity index (χ0v) is 22.6. The molecule has 0 N–H and O–H groups in total. The summed E-state index contributed by atoms with van der Waals surface area (Å²) in [5.41, 5.74) is 1.79. The van der Waals surface area contributed by atoms with Crippen molar-refractivity contribution in [2.24, 2.45) is 40.4 Å². The maximum Gasteiger partial charge on any atom is 0.102 e. The average molecular weight is 470 g/mol. The predicted molar refractivity (Wildman–Crippen MR) is 145 cm³/mol. The summed E-state index contributed by atoms with van der Waals surface area (Å²) >= 11 is 0. The van der Waals surface area contributed by atoms with Crippen molar-refractivity contribution in [3.63, 3.8) is 0 Å². The van der Waals surface area contributed by atoms with Crippen LogP contribution in [0.3, 0.4) is 0 Å². The van der Waals surface area contributed by atoms with Gasteiger partial charge in [0.25, 0.3) is 0 Å². The minimum atomic E-state index is 0. The average Bonchev–Trinajstić information content (AvgIpc) is 3.42. The number of hydrogen-bond donors (Lipinski definition) is 0. The van der Waals surface area contributed by atoms with Crippen LogP contribution in [-0.2, 0) is 6.54 Å². The summed E-state index contributed by atoms with van der Waals surface area (Å²) in [5, 5.41) is 13.5. The number of fused-ring (bicyclic) bond motifs is 3. The summed E-state index contributed by atoms with van der Waals surface area (Å²) in [7, 11) is 0. The van der Waals surface area contributed by atoms with E-state index in [9.17, 15) is 0 Å². The van der Waals surface area contributed by atoms with E-state index in [4.69, 9.17) is 5.26 Å². The number of nitriles is 1. The van der Waals surface area contributed by atoms with Crippen molar-refractivity contribution in [1.29, 1.82) is 5.26 Å². The highest BCUT2D eigenvalue weighted by Gasteiger charge is 2.58. The zero-order chi connectivity index (χ0) is 24.1. The Labute approximate surface area is 212 Å². The topological polar surface area (TPSA) is 41.6 Å². The fourth-order valence-electron chi connectivity index (χ4n) is 8.80. The quantitative estimate of drug-likeness (QED) is 0.380. The lowest BCUT2D eigenvalue weighted by Crippen LogP contribution is -2.51. The van der Waals surface area contributed by atoms with Crippen molar-refractivity contribution >= 4 is 0 Å². The molecule has 3 nitrogen and oxygen atoms in total. The van der Waals surface area contributed by atoms with E-state index >= 15 is 0 Å². The normalized spacial score (nSPS) is 36.3. The first kappa shape index (κ1) is 28.9. The maximum atomic E-state index is 9.08. The van der Waals surface area contributed by atoms with Crippen molar-refractivity contribution in [1.82, 2.24) is 9.78 Å². The first-order valence-electron chi connectivity index (χ1n) is 14.4. The molecule has 194 valence electrons. The molecule has 0 amide bonds. The van der Waals surface area contributed by atoms with E-state index in [0.717, 1.165) is 36.1 Å². The molecular weight excluding hydrogens is 414 g/mol. The van der Waals surface area contributed by atoms with Crippen molar-refractivity contribution in [2.75, 3.05) is 0 Å². The van der Waals surface area contributed by atoms with Crippen LogP contribution in [-0.4, -0.2) is 9.78 Å². The van der Waals surface area contributed by atoms with Crippen LogP contribution < -0.4 is 0 Å². The van der Waals surface area contributed by atoms with Gasteiger partial charge >= 0.3 is 0 Å². The van der Waals surface area contributed by atoms with Gasteiger partial charge in [-0.25, -0.2) is 0 Å². The number of nitrogens with zero attached hydrogens (tertiary/aromatic N) is 3. The molecule has 3 fully saturated rings. The Bertz CT molecular complexity index is 776. The van der Waals surface area contributed by atoms with Gasteiger partial charge in [0, 0.05) is 12.7 Å². The first-order chi connectivity index (χ1) is 16.0. The van der Waals surface area contributed by atoms with Gasteiger partial charge in [-0.2, -0.15) is 10.4 Å². The van der Waals surface area contributed by atoms with Gasteiger partial charge in [-0.1, -0.05) is 68.2 Å². The molecule has 1 aromatic heterocycles. The van der Waals surface area contributed by atoms with Gasteiger partial charge in [0.05, 0.1) is 11.8 Å². The second-order valence-electron chi connectivity index (χ2n) is 11.8. The third-order valence-corrected chi connectivity index (χ3v) is 10.4. The molecule has 0 radical (unpaired) electrons. The maximum absolute atomic E-state index is 9.08. The Morgan fingerprint density at radius 2 is 1.74 bits per heavy atom. The van der Waals surface area contributed by atoms with E-state index in [-0.39, 0.29) is 7.43 Å². The molecule has 1 aromatic rings. The molecule has 3 aliphatic carbocycles. The van der Waals surface area contributed by atoms with Gasteiger partial charge in [0.15, 0.2) is 0 Å². The Kier molecular flexibility index (Phi) is 10.7. The van der Waals surface area contributed by atoms with E-state index in [0.29, 0.717) is 16.4 Å². The van der Waals surface area contributed by atoms with Crippen molar-refractivity contribution in [2.45, 2.75) is 133 Å². The minimum Gasteiger partial charge on any atom is -0.271 e. The Morgan fingerprint density at radius 1 is 1.00 bits per heavy atom. The monoisotopic (exact) mass is 469 g/mol. The molecule has 3 heteroatoms. The summed E-state index contributed by atoms with van der Waals surface area (Å²) in [6, 6.07) is 2.21. The number of hydrogen-bond acceptors (Lipinski definition) is 2. The number of aryl methyl sites for hydroxylation is 1. The Hall–Kier alpha value is -1.30. The van der Waals surface area contributed by atoms with Crippen LogP contribution in [0.5, 0.6) is 0 Å². The lowest BCUT2D eigenvalue weighted by atomic mass is 9.46. The van der Waals surface area contributed by atoms with E-state index < -0.39 is 0 Å². The van der Waals surface area contributed by atoms with Crippen LogP contribution in [0.4, 0.5) is 0 Å². The van der Waals surface area contributed by atoms with Crippen LogP contribution in [0.1, 0.15) is 132 Å². The summed E-state index contributed by atoms with van der Waals surface area (Å²) in [6.07, 6.45) is 20.6. The molecule has 34 heavy (non-hydrogen) atoms. The van der Waals surface area contributed by atoms with Gasteiger partial charge in [-0.15, -0.1) is 0 Å². The predicted octanol–water partition coefficient (Wildman–Crippen LogP) is 9.27. The molecule has 4 rings (SSSR count). The van der Waals surface area contributed by atoms with Crippen LogP contribution >= 0.6 is 0 Å². The molecule has 0 saturated heterocycles. The van der Waals surface area contributed by atoms with Gasteiger partial charge in [0.1, 0.15) is 6.07 Å². The molecule has 0 aliphatic heterocycles. The van der Waals surface area contributed by atoms with E-state index in [1.165, 1.54) is 77.0 Å². The van der Waals surface area contributed by atoms with Crippen LogP contribution in [0, 0.1) is 51.8 Å². The Morgan fingerprint density at radius 3 is 2.38 bits per heavy atom. The highest BCUT2D eigenvalue weighted by Crippen LogP contribution is 2.67. The third kappa shape index (κ3) is 5.42. The zero-order valence-electron chi connectivity index (χ0n) is 22.6. The highest BCUT2D eigenvalue weighted by atomic mass is 15.3. The Balaban J connectivity index is 0.00000133. The summed E-state index contributed by atoms with van der Waals surface area (Å²) < 4.78 is 2.00. The van der Waals surface area contributed by atoms with Gasteiger partial charge < -0.3 is 0 Å². The first-order valence-corrected chi connectivity index (χ1v) is 14.4. The fourth-order valence-corrected chi connectivity index (χ4v) is 8.80. The minimum absolute atomic E-state index is 0. The van der Waals surface area contributed by atoms with Crippen molar-refractivity contribution in [3.05, 3.63) is 18.0 Å². The largest absolute Gasteiger partial charge is 0.271 e. The summed E-state index contributed by atoms with van der Waals surface area (Å²) in [4.78, 5) is 0. The SMILES string of the molecule is C.CC.CCCCC1CCC2C(CCC3(C)C(CCn4cc(C#N)cn4)CCC23)C1(C)CCC. The van der Waals surface area contributed by atoms with E-state index in [1.807, 2.05) is 24.7 Å². The van der Waals surface area contributed by atoms with Crippen LogP contribution in [0.2, 0.25) is 0 Å². The second kappa shape index (κ2) is 12.6. The molecule has 1 heterocycles. The number of aromatic nitrogens is 2. The molecule has 7 unspecified atom stereocenters.